The molecule has 0 fully saturated rings. The van der Waals surface area contributed by atoms with Crippen molar-refractivity contribution >= 4 is 18.3 Å². The Morgan fingerprint density at radius 1 is 0.879 bits per heavy atom. The van der Waals surface area contributed by atoms with Crippen molar-refractivity contribution in [2.45, 2.75) is 46.2 Å². The highest BCUT2D eigenvalue weighted by molar-refractivity contribution is 5.85. The molecule has 0 bridgehead atoms. The van der Waals surface area contributed by atoms with E-state index in [1.54, 1.807) is 14.2 Å². The van der Waals surface area contributed by atoms with Gasteiger partial charge in [-0.15, -0.1) is 12.4 Å². The van der Waals surface area contributed by atoms with E-state index in [-0.39, 0.29) is 30.5 Å². The topological polar surface area (TPSA) is 78.1 Å². The van der Waals surface area contributed by atoms with E-state index in [4.69, 9.17) is 18.9 Å². The Bertz CT molecular complexity index is 884. The number of halogens is 1. The van der Waals surface area contributed by atoms with Gasteiger partial charge in [0, 0.05) is 12.1 Å². The summed E-state index contributed by atoms with van der Waals surface area (Å²) in [6, 6.07) is 11.7. The van der Waals surface area contributed by atoms with Crippen LogP contribution in [0, 0.1) is 0 Å². The number of ether oxygens (including phenoxy) is 4. The molecule has 0 aliphatic heterocycles. The lowest BCUT2D eigenvalue weighted by molar-refractivity contribution is -0.124. The highest BCUT2D eigenvalue weighted by Crippen LogP contribution is 2.29. The third-order valence-electron chi connectivity index (χ3n) is 4.55. The largest absolute Gasteiger partial charge is 0.493 e. The Morgan fingerprint density at radius 3 is 2.15 bits per heavy atom. The number of carbonyl (C=O) groups excluding carboxylic acids is 1. The lowest BCUT2D eigenvalue weighted by atomic mass is 10.1. The monoisotopic (exact) mass is 480 g/mol. The molecule has 2 rings (SSSR count). The summed E-state index contributed by atoms with van der Waals surface area (Å²) in [5, 5.41) is 6.33. The van der Waals surface area contributed by atoms with E-state index in [9.17, 15) is 4.79 Å². The fraction of sp³-hybridized carbons (Fsp3) is 0.480. The Hall–Kier alpha value is -2.64. The molecule has 2 aromatic rings. The van der Waals surface area contributed by atoms with Crippen LogP contribution in [0.5, 0.6) is 23.0 Å². The van der Waals surface area contributed by atoms with Gasteiger partial charge < -0.3 is 29.6 Å². The van der Waals surface area contributed by atoms with Crippen LogP contribution in [0.2, 0.25) is 0 Å². The zero-order valence-electron chi connectivity index (χ0n) is 20.4. The van der Waals surface area contributed by atoms with E-state index in [0.717, 1.165) is 30.0 Å². The molecule has 0 aromatic heterocycles. The molecule has 0 aliphatic rings. The summed E-state index contributed by atoms with van der Waals surface area (Å²) in [5.41, 5.74) is 1.95. The fourth-order valence-electron chi connectivity index (χ4n) is 3.15. The quantitative estimate of drug-likeness (QED) is 0.444. The van der Waals surface area contributed by atoms with Crippen LogP contribution in [0.15, 0.2) is 36.4 Å². The third kappa shape index (κ3) is 9.80. The van der Waals surface area contributed by atoms with Gasteiger partial charge in [0.2, 0.25) is 0 Å². The van der Waals surface area contributed by atoms with E-state index in [0.29, 0.717) is 24.7 Å². The molecule has 0 aliphatic carbocycles. The van der Waals surface area contributed by atoms with E-state index in [2.05, 4.69) is 10.6 Å². The predicted octanol–water partition coefficient (Wildman–Crippen LogP) is 4.15. The molecule has 2 aromatic carbocycles. The third-order valence-corrected chi connectivity index (χ3v) is 4.55. The molecule has 0 saturated carbocycles. The SMILES string of the molecule is CCOc1cc(CNCCc2ccc(OC)c(OC)c2)ccc1OCC(=O)NC(C)(C)C.Cl. The standard InChI is InChI=1S/C25H36N2O5.ClH/c1-7-31-23-15-19(9-11-21(23)32-17-24(28)27-25(2,3)4)16-26-13-12-18-8-10-20(29-5)22(14-18)30-6;/h8-11,14-15,26H,7,12-13,16-17H2,1-6H3,(H,27,28);1H. The van der Waals surface area contributed by atoms with Gasteiger partial charge in [-0.25, -0.2) is 0 Å². The Labute approximate surface area is 203 Å². The van der Waals surface area contributed by atoms with Crippen LogP contribution in [0.1, 0.15) is 38.8 Å². The van der Waals surface area contributed by atoms with Gasteiger partial charge in [0.25, 0.3) is 5.91 Å². The minimum absolute atomic E-state index is 0. The van der Waals surface area contributed by atoms with E-state index >= 15 is 0 Å². The first-order valence-corrected chi connectivity index (χ1v) is 10.9. The molecule has 0 saturated heterocycles. The Balaban J connectivity index is 0.00000544. The predicted molar refractivity (Wildman–Crippen MR) is 133 cm³/mol. The highest BCUT2D eigenvalue weighted by atomic mass is 35.5. The number of hydrogen-bond acceptors (Lipinski definition) is 6. The molecule has 0 unspecified atom stereocenters. The average molecular weight is 481 g/mol. The fourth-order valence-corrected chi connectivity index (χ4v) is 3.15. The molecule has 1 amide bonds. The van der Waals surface area contributed by atoms with Crippen LogP contribution in [0.3, 0.4) is 0 Å². The first-order valence-electron chi connectivity index (χ1n) is 10.9. The zero-order valence-corrected chi connectivity index (χ0v) is 21.3. The number of rotatable bonds is 12. The maximum Gasteiger partial charge on any atom is 0.258 e. The summed E-state index contributed by atoms with van der Waals surface area (Å²) >= 11 is 0. The van der Waals surface area contributed by atoms with Crippen molar-refractivity contribution in [3.05, 3.63) is 47.5 Å². The van der Waals surface area contributed by atoms with Crippen LogP contribution >= 0.6 is 12.4 Å². The number of nitrogens with one attached hydrogen (secondary N) is 2. The van der Waals surface area contributed by atoms with Crippen LogP contribution in [0.4, 0.5) is 0 Å². The molecule has 0 heterocycles. The number of hydrogen-bond donors (Lipinski definition) is 2. The summed E-state index contributed by atoms with van der Waals surface area (Å²) < 4.78 is 22.1. The number of carbonyl (C=O) groups is 1. The van der Waals surface area contributed by atoms with Crippen molar-refractivity contribution in [3.63, 3.8) is 0 Å². The second kappa shape index (κ2) is 13.8. The molecule has 0 radical (unpaired) electrons. The van der Waals surface area contributed by atoms with Gasteiger partial charge in [0.15, 0.2) is 29.6 Å². The van der Waals surface area contributed by atoms with Crippen molar-refractivity contribution in [3.8, 4) is 23.0 Å². The molecule has 0 spiro atoms. The van der Waals surface area contributed by atoms with Crippen molar-refractivity contribution < 1.29 is 23.7 Å². The van der Waals surface area contributed by atoms with Gasteiger partial charge in [-0.2, -0.15) is 0 Å². The molecule has 2 N–H and O–H groups in total. The Morgan fingerprint density at radius 2 is 1.52 bits per heavy atom. The van der Waals surface area contributed by atoms with Gasteiger partial charge >= 0.3 is 0 Å². The second-order valence-corrected chi connectivity index (χ2v) is 8.42. The molecule has 7 nitrogen and oxygen atoms in total. The molecular formula is C25H37ClN2O5. The van der Waals surface area contributed by atoms with Crippen LogP contribution in [0.25, 0.3) is 0 Å². The Kier molecular flexibility index (Phi) is 11.9. The summed E-state index contributed by atoms with van der Waals surface area (Å²) in [6.07, 6.45) is 0.864. The van der Waals surface area contributed by atoms with Crippen molar-refractivity contribution in [2.75, 3.05) is 34.0 Å². The number of benzene rings is 2. The molecule has 8 heteroatoms. The number of amides is 1. The average Bonchev–Trinajstić information content (AvgIpc) is 2.75. The normalized spacial score (nSPS) is 10.7. The van der Waals surface area contributed by atoms with Crippen molar-refractivity contribution in [1.29, 1.82) is 0 Å². The molecule has 0 atom stereocenters. The maximum absolute atomic E-state index is 12.0. The first kappa shape index (κ1) is 28.4. The lowest BCUT2D eigenvalue weighted by Crippen LogP contribution is -2.43. The first-order chi connectivity index (χ1) is 15.3. The van der Waals surface area contributed by atoms with Gasteiger partial charge in [-0.3, -0.25) is 4.79 Å². The van der Waals surface area contributed by atoms with Gasteiger partial charge in [0.1, 0.15) is 0 Å². The molecule has 33 heavy (non-hydrogen) atoms. The van der Waals surface area contributed by atoms with Crippen LogP contribution in [-0.4, -0.2) is 45.4 Å². The van der Waals surface area contributed by atoms with Gasteiger partial charge in [0.05, 0.1) is 20.8 Å². The summed E-state index contributed by atoms with van der Waals surface area (Å²) in [7, 11) is 3.27. The van der Waals surface area contributed by atoms with Crippen LogP contribution < -0.4 is 29.6 Å². The number of methoxy groups -OCH3 is 2. The lowest BCUT2D eigenvalue weighted by Gasteiger charge is -2.21. The highest BCUT2D eigenvalue weighted by Gasteiger charge is 2.15. The minimum atomic E-state index is -0.296. The van der Waals surface area contributed by atoms with Crippen LogP contribution in [-0.2, 0) is 17.8 Å². The van der Waals surface area contributed by atoms with E-state index < -0.39 is 0 Å². The van der Waals surface area contributed by atoms with Crippen molar-refractivity contribution in [1.82, 2.24) is 10.6 Å². The van der Waals surface area contributed by atoms with Gasteiger partial charge in [-0.1, -0.05) is 12.1 Å². The zero-order chi connectivity index (χ0) is 23.6. The minimum Gasteiger partial charge on any atom is -0.493 e. The molecule has 184 valence electrons. The van der Waals surface area contributed by atoms with Gasteiger partial charge in [-0.05, 0) is 76.1 Å². The van der Waals surface area contributed by atoms with Crippen molar-refractivity contribution in [2.24, 2.45) is 0 Å². The van der Waals surface area contributed by atoms with E-state index in [1.165, 1.54) is 5.56 Å². The molecular weight excluding hydrogens is 444 g/mol. The summed E-state index contributed by atoms with van der Waals surface area (Å²) in [4.78, 5) is 12.0. The maximum atomic E-state index is 12.0. The summed E-state index contributed by atoms with van der Waals surface area (Å²) in [5.74, 6) is 2.49. The summed E-state index contributed by atoms with van der Waals surface area (Å²) in [6.45, 7) is 9.68. The van der Waals surface area contributed by atoms with E-state index in [1.807, 2.05) is 64.1 Å². The smallest absolute Gasteiger partial charge is 0.258 e. The second-order valence-electron chi connectivity index (χ2n) is 8.42.